The summed E-state index contributed by atoms with van der Waals surface area (Å²) in [6.07, 6.45) is -7.36. The third-order valence-corrected chi connectivity index (χ3v) is 6.13. The van der Waals surface area contributed by atoms with Crippen LogP contribution < -0.4 is 10.6 Å². The van der Waals surface area contributed by atoms with Crippen molar-refractivity contribution in [3.8, 4) is 0 Å². The number of benzene rings is 1. The number of carboxylic acid groups (broad SMARTS) is 1. The van der Waals surface area contributed by atoms with Gasteiger partial charge >= 0.3 is 18.2 Å². The zero-order chi connectivity index (χ0) is 29.1. The number of likely N-dealkylation sites (tertiary alicyclic amines) is 1. The van der Waals surface area contributed by atoms with E-state index >= 15 is 0 Å². The molecule has 1 unspecified atom stereocenters. The zero-order valence-electron chi connectivity index (χ0n) is 21.9. The molecule has 0 radical (unpaired) electrons. The highest BCUT2D eigenvalue weighted by Crippen LogP contribution is 2.37. The summed E-state index contributed by atoms with van der Waals surface area (Å²) in [5.41, 5.74) is 0.977. The predicted octanol–water partition coefficient (Wildman–Crippen LogP) is 2.12. The van der Waals surface area contributed by atoms with Crippen molar-refractivity contribution in [3.63, 3.8) is 0 Å². The highest BCUT2D eigenvalue weighted by molar-refractivity contribution is 5.92. The Balaban J connectivity index is 1.79. The monoisotopic (exact) mass is 556 g/mol. The van der Waals surface area contributed by atoms with E-state index in [0.29, 0.717) is 11.1 Å². The second-order valence-corrected chi connectivity index (χ2v) is 10.4. The molecule has 1 aliphatic heterocycles. The Labute approximate surface area is 221 Å². The van der Waals surface area contributed by atoms with E-state index in [4.69, 9.17) is 9.84 Å². The molecule has 1 fully saturated rings. The number of nitrogens with zero attached hydrogens (tertiary/aromatic N) is 4. The predicted molar refractivity (Wildman–Crippen MR) is 130 cm³/mol. The summed E-state index contributed by atoms with van der Waals surface area (Å²) < 4.78 is 47.6. The number of amides is 3. The smallest absolute Gasteiger partial charge is 0.408 e. The Bertz CT molecular complexity index is 1240. The fraction of sp³-hybridized carbons (Fsp3) is 0.583. The average molecular weight is 557 g/mol. The fourth-order valence-electron chi connectivity index (χ4n) is 4.24. The van der Waals surface area contributed by atoms with Gasteiger partial charge in [-0.3, -0.25) is 14.4 Å². The van der Waals surface area contributed by atoms with Gasteiger partial charge in [0.25, 0.3) is 0 Å². The summed E-state index contributed by atoms with van der Waals surface area (Å²) in [6, 6.07) is 2.10. The van der Waals surface area contributed by atoms with Crippen LogP contribution in [0, 0.1) is 5.92 Å². The summed E-state index contributed by atoms with van der Waals surface area (Å²) in [6.45, 7) is 3.84. The quantitative estimate of drug-likeness (QED) is 0.447. The number of carbonyl (C=O) groups excluding carboxylic acids is 3. The summed E-state index contributed by atoms with van der Waals surface area (Å²) in [7, 11) is 1.71. The maximum absolute atomic E-state index is 13.6. The molecule has 3 rings (SSSR count). The van der Waals surface area contributed by atoms with Crippen LogP contribution in [0.15, 0.2) is 18.2 Å². The number of alkyl halides is 3. The number of hydrogen-bond donors (Lipinski definition) is 3. The second kappa shape index (κ2) is 11.5. The van der Waals surface area contributed by atoms with Gasteiger partial charge in [0, 0.05) is 26.6 Å². The Morgan fingerprint density at radius 3 is 2.51 bits per heavy atom. The Morgan fingerprint density at radius 1 is 1.21 bits per heavy atom. The van der Waals surface area contributed by atoms with Crippen molar-refractivity contribution in [2.75, 3.05) is 6.54 Å². The van der Waals surface area contributed by atoms with Crippen molar-refractivity contribution < 1.29 is 42.2 Å². The van der Waals surface area contributed by atoms with Gasteiger partial charge < -0.3 is 25.4 Å². The molecule has 1 aromatic heterocycles. The lowest BCUT2D eigenvalue weighted by Gasteiger charge is -2.29. The minimum atomic E-state index is -4.68. The van der Waals surface area contributed by atoms with Gasteiger partial charge in [-0.2, -0.15) is 13.2 Å². The van der Waals surface area contributed by atoms with E-state index in [9.17, 15) is 32.3 Å². The van der Waals surface area contributed by atoms with E-state index in [1.807, 2.05) is 0 Å². The van der Waals surface area contributed by atoms with E-state index in [-0.39, 0.29) is 6.54 Å². The van der Waals surface area contributed by atoms with E-state index in [2.05, 4.69) is 20.9 Å². The normalized spacial score (nSPS) is 18.6. The number of nitrogens with one attached hydrogen (secondary N) is 2. The van der Waals surface area contributed by atoms with Crippen LogP contribution >= 0.6 is 0 Å². The summed E-state index contributed by atoms with van der Waals surface area (Å²) >= 11 is 0. The maximum atomic E-state index is 13.6. The molecule has 2 heterocycles. The van der Waals surface area contributed by atoms with Crippen molar-refractivity contribution in [2.45, 2.75) is 70.4 Å². The third kappa shape index (κ3) is 7.80. The SMILES string of the molecule is Cn1nnc2cc(CNC(=O)[C@@H]3C[C@H](C(F)(F)F)CN3C(=O)C(CCC(=O)O)NC(=O)OC(C)(C)C)ccc21. The number of hydrogen-bond acceptors (Lipinski definition) is 7. The third-order valence-electron chi connectivity index (χ3n) is 6.13. The molecule has 214 valence electrons. The molecule has 0 spiro atoms. The van der Waals surface area contributed by atoms with Gasteiger partial charge in [0.2, 0.25) is 11.8 Å². The summed E-state index contributed by atoms with van der Waals surface area (Å²) in [5, 5.41) is 21.8. The first-order valence-electron chi connectivity index (χ1n) is 12.2. The fourth-order valence-corrected chi connectivity index (χ4v) is 4.24. The minimum Gasteiger partial charge on any atom is -0.481 e. The van der Waals surface area contributed by atoms with Gasteiger partial charge in [-0.05, 0) is 51.3 Å². The first kappa shape index (κ1) is 29.6. The molecule has 3 atom stereocenters. The first-order valence-corrected chi connectivity index (χ1v) is 12.2. The van der Waals surface area contributed by atoms with Crippen LogP contribution in [0.5, 0.6) is 0 Å². The van der Waals surface area contributed by atoms with E-state index in [1.54, 1.807) is 50.7 Å². The number of rotatable bonds is 8. The van der Waals surface area contributed by atoms with Crippen LogP contribution in [0.25, 0.3) is 11.0 Å². The Hall–Kier alpha value is -3.91. The number of alkyl carbamates (subject to hydrolysis) is 1. The lowest BCUT2D eigenvalue weighted by Crippen LogP contribution is -2.54. The number of aromatic nitrogens is 3. The molecule has 1 aromatic carbocycles. The van der Waals surface area contributed by atoms with Crippen molar-refractivity contribution in [1.29, 1.82) is 0 Å². The maximum Gasteiger partial charge on any atom is 0.408 e. The summed E-state index contributed by atoms with van der Waals surface area (Å²) in [4.78, 5) is 50.6. The molecule has 2 aromatic rings. The minimum absolute atomic E-state index is 0.0425. The molecule has 3 amide bonds. The molecule has 39 heavy (non-hydrogen) atoms. The molecular formula is C24H31F3N6O6. The van der Waals surface area contributed by atoms with Crippen molar-refractivity contribution >= 4 is 34.9 Å². The molecular weight excluding hydrogens is 525 g/mol. The van der Waals surface area contributed by atoms with Gasteiger partial charge in [-0.1, -0.05) is 11.3 Å². The molecule has 12 nitrogen and oxygen atoms in total. The molecule has 1 aliphatic rings. The van der Waals surface area contributed by atoms with Crippen LogP contribution in [-0.2, 0) is 32.7 Å². The Morgan fingerprint density at radius 2 is 1.90 bits per heavy atom. The highest BCUT2D eigenvalue weighted by Gasteiger charge is 2.51. The van der Waals surface area contributed by atoms with Crippen molar-refractivity contribution in [1.82, 2.24) is 30.5 Å². The number of aliphatic carboxylic acids is 1. The largest absolute Gasteiger partial charge is 0.481 e. The number of halogens is 3. The lowest BCUT2D eigenvalue weighted by molar-refractivity contribution is -0.171. The van der Waals surface area contributed by atoms with E-state index < -0.39 is 79.5 Å². The van der Waals surface area contributed by atoms with Gasteiger partial charge in [-0.15, -0.1) is 5.10 Å². The first-order chi connectivity index (χ1) is 18.0. The van der Waals surface area contributed by atoms with Crippen molar-refractivity contribution in [3.05, 3.63) is 23.8 Å². The van der Waals surface area contributed by atoms with Crippen LogP contribution in [0.4, 0.5) is 18.0 Å². The Kier molecular flexibility index (Phi) is 8.70. The summed E-state index contributed by atoms with van der Waals surface area (Å²) in [5.74, 6) is -5.07. The number of carboxylic acids is 1. The number of ether oxygens (including phenoxy) is 1. The molecule has 0 saturated carbocycles. The van der Waals surface area contributed by atoms with E-state index in [1.165, 1.54) is 0 Å². The van der Waals surface area contributed by atoms with Crippen molar-refractivity contribution in [2.24, 2.45) is 13.0 Å². The average Bonchev–Trinajstić information content (AvgIpc) is 3.43. The van der Waals surface area contributed by atoms with Crippen LogP contribution in [0.2, 0.25) is 0 Å². The molecule has 3 N–H and O–H groups in total. The molecule has 1 saturated heterocycles. The second-order valence-electron chi connectivity index (χ2n) is 10.4. The van der Waals surface area contributed by atoms with E-state index in [0.717, 1.165) is 10.4 Å². The van der Waals surface area contributed by atoms with Gasteiger partial charge in [0.05, 0.1) is 11.4 Å². The topological polar surface area (TPSA) is 156 Å². The molecule has 0 aliphatic carbocycles. The zero-order valence-corrected chi connectivity index (χ0v) is 21.9. The molecule has 15 heteroatoms. The number of carbonyl (C=O) groups is 4. The van der Waals surface area contributed by atoms with Crippen LogP contribution in [0.3, 0.4) is 0 Å². The standard InChI is InChI=1S/C24H31F3N6O6/c1-23(2,3)39-22(38)29-15(6-8-19(34)35)21(37)33-12-14(24(25,26)27)10-18(33)20(36)28-11-13-5-7-17-16(9-13)30-31-32(17)4/h5,7,9,14-15,18H,6,8,10-12H2,1-4H3,(H,28,36)(H,29,38)(H,34,35)/t14-,15?,18-/m0/s1. The number of fused-ring (bicyclic) bond motifs is 1. The lowest BCUT2D eigenvalue weighted by atomic mass is 10.0. The number of aryl methyl sites for hydroxylation is 1. The van der Waals surface area contributed by atoms with Crippen LogP contribution in [-0.4, -0.2) is 79.3 Å². The van der Waals surface area contributed by atoms with Crippen LogP contribution in [0.1, 0.15) is 45.6 Å². The van der Waals surface area contributed by atoms with Gasteiger partial charge in [0.15, 0.2) is 0 Å². The highest BCUT2D eigenvalue weighted by atomic mass is 19.4. The molecule has 0 bridgehead atoms. The van der Waals surface area contributed by atoms with Gasteiger partial charge in [0.1, 0.15) is 23.2 Å². The van der Waals surface area contributed by atoms with Gasteiger partial charge in [-0.25, -0.2) is 9.48 Å².